The number of Topliss-reactive ketones (excluding diaryl/α,β-unsaturated/α-hetero) is 1. The number of halogens is 2. The Morgan fingerprint density at radius 3 is 2.42 bits per heavy atom. The van der Waals surface area contributed by atoms with Crippen LogP contribution in [0.3, 0.4) is 0 Å². The zero-order valence-corrected chi connectivity index (χ0v) is 15.8. The van der Waals surface area contributed by atoms with Gasteiger partial charge in [-0.25, -0.2) is 4.79 Å². The number of rotatable bonds is 5. The Kier molecular flexibility index (Phi) is 5.26. The SMILES string of the molecule is CC(C)C1C(=O)c2c(cc(OCC(=O)O)c(Cl)c2Cl)C1c1ccccc1. The van der Waals surface area contributed by atoms with E-state index in [0.29, 0.717) is 5.56 Å². The minimum absolute atomic E-state index is 0.0412. The zero-order valence-electron chi connectivity index (χ0n) is 14.3. The Labute approximate surface area is 161 Å². The van der Waals surface area contributed by atoms with E-state index >= 15 is 0 Å². The first kappa shape index (κ1) is 18.7. The number of carbonyl (C=O) groups excluding carboxylic acids is 1. The van der Waals surface area contributed by atoms with Crippen LogP contribution in [0.25, 0.3) is 0 Å². The first-order valence-electron chi connectivity index (χ1n) is 8.28. The van der Waals surface area contributed by atoms with Crippen LogP contribution >= 0.6 is 23.2 Å². The predicted molar refractivity (Wildman–Crippen MR) is 101 cm³/mol. The fraction of sp³-hybridized carbons (Fsp3) is 0.300. The van der Waals surface area contributed by atoms with Crippen molar-refractivity contribution in [3.05, 3.63) is 63.1 Å². The zero-order chi connectivity index (χ0) is 19.0. The Morgan fingerprint density at radius 1 is 1.19 bits per heavy atom. The smallest absolute Gasteiger partial charge is 0.341 e. The van der Waals surface area contributed by atoms with Crippen molar-refractivity contribution in [3.63, 3.8) is 0 Å². The highest BCUT2D eigenvalue weighted by atomic mass is 35.5. The Balaban J connectivity index is 2.18. The summed E-state index contributed by atoms with van der Waals surface area (Å²) in [5.74, 6) is -1.33. The summed E-state index contributed by atoms with van der Waals surface area (Å²) in [6, 6.07) is 11.4. The van der Waals surface area contributed by atoms with Crippen LogP contribution in [0.4, 0.5) is 0 Å². The van der Waals surface area contributed by atoms with Crippen molar-refractivity contribution in [2.24, 2.45) is 11.8 Å². The van der Waals surface area contributed by atoms with Gasteiger partial charge in [0.25, 0.3) is 0 Å². The molecule has 136 valence electrons. The number of carbonyl (C=O) groups is 2. The van der Waals surface area contributed by atoms with Crippen LogP contribution in [0.5, 0.6) is 5.75 Å². The van der Waals surface area contributed by atoms with Crippen molar-refractivity contribution in [1.82, 2.24) is 0 Å². The molecular weight excluding hydrogens is 375 g/mol. The molecule has 0 aliphatic heterocycles. The first-order valence-corrected chi connectivity index (χ1v) is 9.04. The highest BCUT2D eigenvalue weighted by molar-refractivity contribution is 6.45. The lowest BCUT2D eigenvalue weighted by molar-refractivity contribution is -0.139. The van der Waals surface area contributed by atoms with Crippen molar-refractivity contribution in [2.75, 3.05) is 6.61 Å². The maximum atomic E-state index is 13.1. The summed E-state index contributed by atoms with van der Waals surface area (Å²) in [4.78, 5) is 23.9. The molecule has 0 spiro atoms. The fourth-order valence-electron chi connectivity index (χ4n) is 3.61. The summed E-state index contributed by atoms with van der Waals surface area (Å²) in [5.41, 5.74) is 2.14. The van der Waals surface area contributed by atoms with E-state index in [1.807, 2.05) is 44.2 Å². The van der Waals surface area contributed by atoms with E-state index in [9.17, 15) is 9.59 Å². The number of aliphatic carboxylic acids is 1. The molecule has 0 heterocycles. The van der Waals surface area contributed by atoms with E-state index < -0.39 is 12.6 Å². The van der Waals surface area contributed by atoms with Crippen molar-refractivity contribution in [3.8, 4) is 5.75 Å². The molecule has 2 atom stereocenters. The molecule has 0 fully saturated rings. The standard InChI is InChI=1S/C20H18Cl2O4/c1-10(2)15-16(11-6-4-3-5-7-11)12-8-13(26-9-14(23)24)18(21)19(22)17(12)20(15)25/h3-8,10,15-16H,9H2,1-2H3,(H,23,24). The highest BCUT2D eigenvalue weighted by Gasteiger charge is 2.44. The van der Waals surface area contributed by atoms with Gasteiger partial charge in [0.1, 0.15) is 10.8 Å². The van der Waals surface area contributed by atoms with Crippen molar-refractivity contribution < 1.29 is 19.4 Å². The largest absolute Gasteiger partial charge is 0.480 e. The Hall–Kier alpha value is -2.04. The quantitative estimate of drug-likeness (QED) is 0.772. The molecule has 1 N–H and O–H groups in total. The molecule has 4 nitrogen and oxygen atoms in total. The lowest BCUT2D eigenvalue weighted by atomic mass is 9.79. The van der Waals surface area contributed by atoms with Crippen molar-refractivity contribution in [1.29, 1.82) is 0 Å². The maximum Gasteiger partial charge on any atom is 0.341 e. The Morgan fingerprint density at radius 2 is 1.85 bits per heavy atom. The summed E-state index contributed by atoms with van der Waals surface area (Å²) < 4.78 is 5.29. The van der Waals surface area contributed by atoms with Crippen LogP contribution in [-0.4, -0.2) is 23.5 Å². The lowest BCUT2D eigenvalue weighted by Gasteiger charge is -2.23. The van der Waals surface area contributed by atoms with Gasteiger partial charge in [-0.2, -0.15) is 0 Å². The van der Waals surface area contributed by atoms with Gasteiger partial charge >= 0.3 is 5.97 Å². The van der Waals surface area contributed by atoms with E-state index in [2.05, 4.69) is 0 Å². The number of ketones is 1. The molecule has 2 aromatic carbocycles. The highest BCUT2D eigenvalue weighted by Crippen LogP contribution is 2.51. The number of hydrogen-bond acceptors (Lipinski definition) is 3. The number of fused-ring (bicyclic) bond motifs is 1. The second-order valence-corrected chi connectivity index (χ2v) is 7.43. The molecule has 6 heteroatoms. The number of benzene rings is 2. The summed E-state index contributed by atoms with van der Waals surface area (Å²) in [5, 5.41) is 9.05. The molecule has 1 aliphatic carbocycles. The number of hydrogen-bond donors (Lipinski definition) is 1. The van der Waals surface area contributed by atoms with Gasteiger partial charge in [-0.1, -0.05) is 67.4 Å². The average molecular weight is 393 g/mol. The molecule has 0 aromatic heterocycles. The van der Waals surface area contributed by atoms with Gasteiger partial charge in [0.05, 0.1) is 5.02 Å². The number of carboxylic acids is 1. The van der Waals surface area contributed by atoms with Crippen molar-refractivity contribution >= 4 is 35.0 Å². The van der Waals surface area contributed by atoms with E-state index in [-0.39, 0.29) is 39.3 Å². The molecule has 0 amide bonds. The number of carboxylic acid groups (broad SMARTS) is 1. The molecule has 3 rings (SSSR count). The predicted octanol–water partition coefficient (Wildman–Crippen LogP) is 5.06. The van der Waals surface area contributed by atoms with Gasteiger partial charge in [0.2, 0.25) is 0 Å². The van der Waals surface area contributed by atoms with E-state index in [1.54, 1.807) is 6.07 Å². The van der Waals surface area contributed by atoms with Gasteiger partial charge in [0, 0.05) is 17.4 Å². The third-order valence-corrected chi connectivity index (χ3v) is 5.53. The third-order valence-electron chi connectivity index (χ3n) is 4.68. The van der Waals surface area contributed by atoms with Gasteiger partial charge in [0.15, 0.2) is 12.4 Å². The molecule has 0 saturated carbocycles. The van der Waals surface area contributed by atoms with Crippen LogP contribution in [0, 0.1) is 11.8 Å². The summed E-state index contributed by atoms with van der Waals surface area (Å²) in [7, 11) is 0. The molecule has 1 aliphatic rings. The average Bonchev–Trinajstić information content (AvgIpc) is 2.90. The Bertz CT molecular complexity index is 862. The van der Waals surface area contributed by atoms with Gasteiger partial charge in [-0.05, 0) is 23.1 Å². The molecule has 2 unspecified atom stereocenters. The monoisotopic (exact) mass is 392 g/mol. The number of ether oxygens (including phenoxy) is 1. The van der Waals surface area contributed by atoms with Gasteiger partial charge in [-0.3, -0.25) is 4.79 Å². The van der Waals surface area contributed by atoms with Crippen LogP contribution in [-0.2, 0) is 4.79 Å². The van der Waals surface area contributed by atoms with Gasteiger partial charge in [-0.15, -0.1) is 0 Å². The van der Waals surface area contributed by atoms with Crippen LogP contribution in [0.1, 0.15) is 41.3 Å². The molecule has 0 radical (unpaired) electrons. The minimum atomic E-state index is -1.12. The lowest BCUT2D eigenvalue weighted by Crippen LogP contribution is -2.20. The molecule has 26 heavy (non-hydrogen) atoms. The fourth-order valence-corrected chi connectivity index (χ4v) is 4.11. The molecule has 2 aromatic rings. The van der Waals surface area contributed by atoms with E-state index in [1.165, 1.54) is 0 Å². The summed E-state index contributed by atoms with van der Waals surface area (Å²) in [6.07, 6.45) is 0. The van der Waals surface area contributed by atoms with Crippen molar-refractivity contribution in [2.45, 2.75) is 19.8 Å². The van der Waals surface area contributed by atoms with Crippen LogP contribution in [0.2, 0.25) is 10.0 Å². The third kappa shape index (κ3) is 3.19. The van der Waals surface area contributed by atoms with E-state index in [0.717, 1.165) is 11.1 Å². The molecule has 0 saturated heterocycles. The summed E-state index contributed by atoms with van der Waals surface area (Å²) in [6.45, 7) is 3.47. The first-order chi connectivity index (χ1) is 12.3. The van der Waals surface area contributed by atoms with Crippen LogP contribution < -0.4 is 4.74 Å². The van der Waals surface area contributed by atoms with E-state index in [4.69, 9.17) is 33.0 Å². The second kappa shape index (κ2) is 7.29. The normalized spacial score (nSPS) is 18.9. The van der Waals surface area contributed by atoms with Gasteiger partial charge < -0.3 is 9.84 Å². The van der Waals surface area contributed by atoms with Crippen LogP contribution in [0.15, 0.2) is 36.4 Å². The molecular formula is C20H18Cl2O4. The summed E-state index contributed by atoms with van der Waals surface area (Å²) >= 11 is 12.6. The maximum absolute atomic E-state index is 13.1. The topological polar surface area (TPSA) is 63.6 Å². The molecule has 0 bridgehead atoms. The minimum Gasteiger partial charge on any atom is -0.480 e. The second-order valence-electron chi connectivity index (χ2n) is 6.67.